The molecule has 0 aromatic heterocycles. The van der Waals surface area contributed by atoms with Gasteiger partial charge in [0, 0.05) is 17.3 Å². The number of hydrogen-bond donors (Lipinski definition) is 1. The van der Waals surface area contributed by atoms with Gasteiger partial charge in [-0.25, -0.2) is 0 Å². The van der Waals surface area contributed by atoms with E-state index in [1.165, 1.54) is 0 Å². The normalized spacial score (nSPS) is 16.1. The van der Waals surface area contributed by atoms with Gasteiger partial charge < -0.3 is 0 Å². The van der Waals surface area contributed by atoms with Gasteiger partial charge in [0.05, 0.1) is 4.75 Å². The van der Waals surface area contributed by atoms with Crippen LogP contribution in [0.3, 0.4) is 0 Å². The van der Waals surface area contributed by atoms with Crippen LogP contribution >= 0.6 is 12.6 Å². The highest BCUT2D eigenvalue weighted by atomic mass is 32.1. The van der Waals surface area contributed by atoms with Crippen LogP contribution < -0.4 is 0 Å². The van der Waals surface area contributed by atoms with Crippen LogP contribution in [0.4, 0.5) is 0 Å². The summed E-state index contributed by atoms with van der Waals surface area (Å²) in [6, 6.07) is 0. The summed E-state index contributed by atoms with van der Waals surface area (Å²) in [4.78, 5) is 24.1. The maximum atomic E-state index is 12.1. The zero-order valence-electron chi connectivity index (χ0n) is 12.1. The highest BCUT2D eigenvalue weighted by molar-refractivity contribution is 7.82. The largest absolute Gasteiger partial charge is 0.299 e. The Morgan fingerprint density at radius 1 is 0.941 bits per heavy atom. The summed E-state index contributed by atoms with van der Waals surface area (Å²) in [5.41, 5.74) is -0.505. The van der Waals surface area contributed by atoms with E-state index in [-0.39, 0.29) is 23.4 Å². The molecule has 0 bridgehead atoms. The molecule has 0 rings (SSSR count). The van der Waals surface area contributed by atoms with Crippen molar-refractivity contribution in [2.75, 3.05) is 0 Å². The summed E-state index contributed by atoms with van der Waals surface area (Å²) in [5, 5.41) is 0. The van der Waals surface area contributed by atoms with Crippen LogP contribution in [-0.2, 0) is 9.59 Å². The molecule has 0 aromatic rings. The fourth-order valence-electron chi connectivity index (χ4n) is 2.44. The van der Waals surface area contributed by atoms with E-state index >= 15 is 0 Å². The van der Waals surface area contributed by atoms with Crippen molar-refractivity contribution < 1.29 is 9.59 Å². The van der Waals surface area contributed by atoms with E-state index in [1.54, 1.807) is 0 Å². The van der Waals surface area contributed by atoms with Crippen molar-refractivity contribution in [2.45, 2.75) is 59.6 Å². The molecular formula is C14H26O2S. The third-order valence-electron chi connectivity index (χ3n) is 3.03. The van der Waals surface area contributed by atoms with Crippen LogP contribution in [0.5, 0.6) is 0 Å². The lowest BCUT2D eigenvalue weighted by molar-refractivity contribution is -0.132. The second-order valence-corrected chi connectivity index (χ2v) is 7.36. The first-order chi connectivity index (χ1) is 7.42. The molecule has 0 radical (unpaired) electrons. The molecule has 100 valence electrons. The molecule has 0 saturated carbocycles. The molecule has 0 amide bonds. The van der Waals surface area contributed by atoms with Gasteiger partial charge in [-0.05, 0) is 13.3 Å². The van der Waals surface area contributed by atoms with Gasteiger partial charge in [-0.3, -0.25) is 9.59 Å². The van der Waals surface area contributed by atoms with Crippen LogP contribution in [0.2, 0.25) is 0 Å². The molecule has 1 atom stereocenters. The quantitative estimate of drug-likeness (QED) is 0.739. The van der Waals surface area contributed by atoms with Crippen LogP contribution in [0.1, 0.15) is 54.9 Å². The molecule has 17 heavy (non-hydrogen) atoms. The average molecular weight is 258 g/mol. The fourth-order valence-corrected chi connectivity index (χ4v) is 3.09. The van der Waals surface area contributed by atoms with Crippen LogP contribution in [0, 0.1) is 17.3 Å². The highest BCUT2D eigenvalue weighted by Gasteiger charge is 2.40. The van der Waals surface area contributed by atoms with Crippen molar-refractivity contribution in [1.82, 2.24) is 0 Å². The van der Waals surface area contributed by atoms with Gasteiger partial charge >= 0.3 is 0 Å². The van der Waals surface area contributed by atoms with E-state index in [0.29, 0.717) is 6.42 Å². The molecule has 0 aromatic carbocycles. The topological polar surface area (TPSA) is 34.1 Å². The summed E-state index contributed by atoms with van der Waals surface area (Å²) in [5.74, 6) is 0.227. The molecule has 0 spiro atoms. The minimum absolute atomic E-state index is 0.0108. The molecule has 1 unspecified atom stereocenters. The summed E-state index contributed by atoms with van der Waals surface area (Å²) in [6.45, 7) is 13.1. The minimum Gasteiger partial charge on any atom is -0.299 e. The second kappa shape index (κ2) is 5.55. The van der Waals surface area contributed by atoms with E-state index < -0.39 is 10.2 Å². The Bertz CT molecular complexity index is 271. The molecule has 0 aliphatic rings. The predicted octanol–water partition coefficient (Wildman–Crippen LogP) is 3.54. The van der Waals surface area contributed by atoms with Crippen molar-refractivity contribution in [2.24, 2.45) is 17.3 Å². The molecule has 0 aliphatic carbocycles. The van der Waals surface area contributed by atoms with E-state index in [9.17, 15) is 9.59 Å². The smallest absolute Gasteiger partial charge is 0.150 e. The molecule has 3 heteroatoms. The third-order valence-corrected chi connectivity index (χ3v) is 3.41. The van der Waals surface area contributed by atoms with Gasteiger partial charge in [-0.15, -0.1) is 0 Å². The maximum Gasteiger partial charge on any atom is 0.150 e. The Morgan fingerprint density at radius 2 is 1.29 bits per heavy atom. The first-order valence-electron chi connectivity index (χ1n) is 6.23. The number of rotatable bonds is 6. The predicted molar refractivity (Wildman–Crippen MR) is 75.5 cm³/mol. The molecule has 0 saturated heterocycles. The Labute approximate surface area is 111 Å². The lowest BCUT2D eigenvalue weighted by Gasteiger charge is -2.34. The van der Waals surface area contributed by atoms with Gasteiger partial charge in [0.2, 0.25) is 0 Å². The maximum absolute atomic E-state index is 12.1. The third kappa shape index (κ3) is 4.46. The Balaban J connectivity index is 4.94. The standard InChI is InChI=1S/C14H26O2S/c1-9(2)11(15)13(5,6)8-14(7,17)12(16)10(3)4/h9-10,17H,8H2,1-7H3. The number of Topliss-reactive ketones (excluding diaryl/α,β-unsaturated/α-hetero) is 2. The number of carbonyl (C=O) groups is 2. The molecule has 0 aliphatic heterocycles. The van der Waals surface area contributed by atoms with E-state index in [1.807, 2.05) is 48.5 Å². The van der Waals surface area contributed by atoms with E-state index in [4.69, 9.17) is 0 Å². The molecular weight excluding hydrogens is 232 g/mol. The summed E-state index contributed by atoms with van der Waals surface area (Å²) in [7, 11) is 0. The van der Waals surface area contributed by atoms with Crippen molar-refractivity contribution >= 4 is 24.2 Å². The number of thiol groups is 1. The lowest BCUT2D eigenvalue weighted by Crippen LogP contribution is -2.41. The van der Waals surface area contributed by atoms with Crippen LogP contribution in [0.25, 0.3) is 0 Å². The van der Waals surface area contributed by atoms with Gasteiger partial charge in [-0.2, -0.15) is 12.6 Å². The van der Waals surface area contributed by atoms with Crippen molar-refractivity contribution in [1.29, 1.82) is 0 Å². The second-order valence-electron chi connectivity index (χ2n) is 6.37. The minimum atomic E-state index is -0.734. The molecule has 2 nitrogen and oxygen atoms in total. The Hall–Kier alpha value is -0.310. The van der Waals surface area contributed by atoms with E-state index in [2.05, 4.69) is 12.6 Å². The highest BCUT2D eigenvalue weighted by Crippen LogP contribution is 2.36. The lowest BCUT2D eigenvalue weighted by atomic mass is 9.74. The molecule has 0 N–H and O–H groups in total. The van der Waals surface area contributed by atoms with Crippen molar-refractivity contribution in [3.63, 3.8) is 0 Å². The fraction of sp³-hybridized carbons (Fsp3) is 0.857. The summed E-state index contributed by atoms with van der Waals surface area (Å²) >= 11 is 4.48. The van der Waals surface area contributed by atoms with Crippen molar-refractivity contribution in [3.05, 3.63) is 0 Å². The van der Waals surface area contributed by atoms with Crippen LogP contribution in [-0.4, -0.2) is 16.3 Å². The summed E-state index contributed by atoms with van der Waals surface area (Å²) < 4.78 is -0.734. The SMILES string of the molecule is CC(C)C(=O)C(C)(C)CC(C)(S)C(=O)C(C)C. The first kappa shape index (κ1) is 16.7. The van der Waals surface area contributed by atoms with Gasteiger partial charge in [0.25, 0.3) is 0 Å². The van der Waals surface area contributed by atoms with Gasteiger partial charge in [0.1, 0.15) is 5.78 Å². The summed E-state index contributed by atoms with van der Waals surface area (Å²) in [6.07, 6.45) is 0.483. The average Bonchev–Trinajstić information content (AvgIpc) is 2.13. The van der Waals surface area contributed by atoms with Crippen LogP contribution in [0.15, 0.2) is 0 Å². The molecule has 0 heterocycles. The first-order valence-corrected chi connectivity index (χ1v) is 6.67. The Morgan fingerprint density at radius 3 is 1.59 bits per heavy atom. The van der Waals surface area contributed by atoms with Gasteiger partial charge in [0.15, 0.2) is 5.78 Å². The number of hydrogen-bond acceptors (Lipinski definition) is 3. The van der Waals surface area contributed by atoms with E-state index in [0.717, 1.165) is 0 Å². The number of ketones is 2. The van der Waals surface area contributed by atoms with Crippen molar-refractivity contribution in [3.8, 4) is 0 Å². The number of carbonyl (C=O) groups excluding carboxylic acids is 2. The monoisotopic (exact) mass is 258 g/mol. The zero-order valence-corrected chi connectivity index (χ0v) is 13.0. The molecule has 0 fully saturated rings. The zero-order chi connectivity index (χ0) is 14.0. The van der Waals surface area contributed by atoms with Gasteiger partial charge in [-0.1, -0.05) is 41.5 Å². The Kier molecular flexibility index (Phi) is 5.45.